The van der Waals surface area contributed by atoms with E-state index in [0.29, 0.717) is 31.2 Å². The van der Waals surface area contributed by atoms with Gasteiger partial charge in [-0.1, -0.05) is 6.42 Å². The zero-order valence-corrected chi connectivity index (χ0v) is 18.5. The van der Waals surface area contributed by atoms with Gasteiger partial charge >= 0.3 is 0 Å². The number of amides is 3. The summed E-state index contributed by atoms with van der Waals surface area (Å²) in [4.78, 5) is 44.7. The fourth-order valence-electron chi connectivity index (χ4n) is 5.01. The quantitative estimate of drug-likeness (QED) is 0.682. The Bertz CT molecular complexity index is 1060. The molecule has 8 nitrogen and oxygen atoms in total. The second kappa shape index (κ2) is 9.31. The summed E-state index contributed by atoms with van der Waals surface area (Å²) in [7, 11) is 0. The van der Waals surface area contributed by atoms with Crippen molar-refractivity contribution in [2.24, 2.45) is 0 Å². The molecule has 2 fully saturated rings. The van der Waals surface area contributed by atoms with Gasteiger partial charge in [-0.25, -0.2) is 0 Å². The summed E-state index contributed by atoms with van der Waals surface area (Å²) in [6, 6.07) is 9.37. The molecule has 0 saturated carbocycles. The Morgan fingerprint density at radius 2 is 1.91 bits per heavy atom. The number of fused-ring (bicyclic) bond motifs is 1. The maximum atomic E-state index is 12.9. The van der Waals surface area contributed by atoms with E-state index < -0.39 is 11.9 Å². The van der Waals surface area contributed by atoms with Crippen molar-refractivity contribution < 1.29 is 19.1 Å². The SMILES string of the molecule is O=C1CCC(N2Cc3cc(OCC4CCCCN4Cc4ccncc4)ccc3C2=O)C(=O)N1. The Hall–Kier alpha value is -3.26. The first kappa shape index (κ1) is 21.6. The molecule has 0 radical (unpaired) electrons. The zero-order chi connectivity index (χ0) is 22.8. The van der Waals surface area contributed by atoms with Crippen molar-refractivity contribution in [3.63, 3.8) is 0 Å². The average molecular weight is 449 g/mol. The van der Waals surface area contributed by atoms with E-state index in [1.165, 1.54) is 18.4 Å². The Labute approximate surface area is 192 Å². The summed E-state index contributed by atoms with van der Waals surface area (Å²) in [5.41, 5.74) is 2.71. The Kier molecular flexibility index (Phi) is 6.09. The number of piperidine rings is 2. The topological polar surface area (TPSA) is 91.8 Å². The number of hydrogen-bond acceptors (Lipinski definition) is 6. The summed E-state index contributed by atoms with van der Waals surface area (Å²) in [5.74, 6) is -0.102. The second-order valence-electron chi connectivity index (χ2n) is 9.01. The molecule has 4 heterocycles. The van der Waals surface area contributed by atoms with Crippen molar-refractivity contribution in [2.45, 2.75) is 57.3 Å². The lowest BCUT2D eigenvalue weighted by Gasteiger charge is -2.35. The van der Waals surface area contributed by atoms with Gasteiger partial charge in [-0.3, -0.25) is 29.6 Å². The largest absolute Gasteiger partial charge is 0.492 e. The molecule has 0 aliphatic carbocycles. The summed E-state index contributed by atoms with van der Waals surface area (Å²) >= 11 is 0. The molecule has 33 heavy (non-hydrogen) atoms. The number of rotatable bonds is 6. The van der Waals surface area contributed by atoms with Gasteiger partial charge in [0.15, 0.2) is 0 Å². The maximum absolute atomic E-state index is 12.9. The minimum absolute atomic E-state index is 0.165. The minimum atomic E-state index is -0.601. The first-order chi connectivity index (χ1) is 16.1. The Morgan fingerprint density at radius 3 is 2.73 bits per heavy atom. The summed E-state index contributed by atoms with van der Waals surface area (Å²) in [6.07, 6.45) is 7.76. The number of benzene rings is 1. The van der Waals surface area contributed by atoms with Crippen LogP contribution in [-0.4, -0.2) is 57.7 Å². The van der Waals surface area contributed by atoms with Crippen LogP contribution in [0.4, 0.5) is 0 Å². The molecule has 0 spiro atoms. The molecule has 3 aliphatic rings. The molecular weight excluding hydrogens is 420 g/mol. The predicted octanol–water partition coefficient (Wildman–Crippen LogP) is 2.28. The normalized spacial score (nSPS) is 23.4. The number of ether oxygens (including phenoxy) is 1. The van der Waals surface area contributed by atoms with Gasteiger partial charge in [0, 0.05) is 43.5 Å². The van der Waals surface area contributed by atoms with Gasteiger partial charge in [0.25, 0.3) is 5.91 Å². The molecule has 3 aliphatic heterocycles. The van der Waals surface area contributed by atoms with Crippen LogP contribution < -0.4 is 10.1 Å². The average Bonchev–Trinajstić information content (AvgIpc) is 3.14. The maximum Gasteiger partial charge on any atom is 0.255 e. The molecule has 8 heteroatoms. The first-order valence-corrected chi connectivity index (χ1v) is 11.6. The van der Waals surface area contributed by atoms with E-state index in [9.17, 15) is 14.4 Å². The standard InChI is InChI=1S/C25H28N4O4/c30-23-7-6-22(24(31)27-23)29-15-18-13-20(4-5-21(18)25(29)32)33-16-19-3-1-2-12-28(19)14-17-8-10-26-11-9-17/h4-5,8-11,13,19,22H,1-3,6-7,12,14-16H2,(H,27,30,31). The molecule has 1 aromatic heterocycles. The van der Waals surface area contributed by atoms with Gasteiger partial charge in [0.1, 0.15) is 18.4 Å². The Morgan fingerprint density at radius 1 is 1.06 bits per heavy atom. The molecule has 3 amide bonds. The van der Waals surface area contributed by atoms with Crippen molar-refractivity contribution in [1.82, 2.24) is 20.1 Å². The number of nitrogens with one attached hydrogen (secondary N) is 1. The lowest BCUT2D eigenvalue weighted by atomic mass is 10.0. The van der Waals surface area contributed by atoms with Crippen LogP contribution >= 0.6 is 0 Å². The van der Waals surface area contributed by atoms with Crippen LogP contribution in [-0.2, 0) is 22.7 Å². The summed E-state index contributed by atoms with van der Waals surface area (Å²) in [5, 5.41) is 2.34. The lowest BCUT2D eigenvalue weighted by Crippen LogP contribution is -2.52. The highest BCUT2D eigenvalue weighted by molar-refractivity contribution is 6.05. The van der Waals surface area contributed by atoms with Crippen molar-refractivity contribution in [3.05, 3.63) is 59.4 Å². The number of pyridine rings is 1. The fraction of sp³-hybridized carbons (Fsp3) is 0.440. The number of imide groups is 1. The Balaban J connectivity index is 1.23. The van der Waals surface area contributed by atoms with E-state index in [2.05, 4.69) is 27.3 Å². The number of likely N-dealkylation sites (tertiary alicyclic amines) is 1. The predicted molar refractivity (Wildman–Crippen MR) is 120 cm³/mol. The van der Waals surface area contributed by atoms with Gasteiger partial charge in [0.2, 0.25) is 11.8 Å². The van der Waals surface area contributed by atoms with Crippen LogP contribution in [0, 0.1) is 0 Å². The van der Waals surface area contributed by atoms with Crippen LogP contribution in [0.15, 0.2) is 42.7 Å². The third-order valence-electron chi connectivity index (χ3n) is 6.82. The van der Waals surface area contributed by atoms with E-state index in [1.54, 1.807) is 11.0 Å². The molecule has 172 valence electrons. The molecule has 2 unspecified atom stereocenters. The van der Waals surface area contributed by atoms with E-state index >= 15 is 0 Å². The van der Waals surface area contributed by atoms with E-state index in [-0.39, 0.29) is 18.2 Å². The fourth-order valence-corrected chi connectivity index (χ4v) is 5.01. The molecule has 2 saturated heterocycles. The van der Waals surface area contributed by atoms with Gasteiger partial charge in [0.05, 0.1) is 0 Å². The molecule has 1 N–H and O–H groups in total. The van der Waals surface area contributed by atoms with Crippen molar-refractivity contribution >= 4 is 17.7 Å². The molecule has 2 aromatic rings. The van der Waals surface area contributed by atoms with Gasteiger partial charge < -0.3 is 9.64 Å². The van der Waals surface area contributed by atoms with Crippen LogP contribution in [0.5, 0.6) is 5.75 Å². The number of aromatic nitrogens is 1. The van der Waals surface area contributed by atoms with Gasteiger partial charge in [-0.2, -0.15) is 0 Å². The van der Waals surface area contributed by atoms with E-state index in [4.69, 9.17) is 4.74 Å². The van der Waals surface area contributed by atoms with Crippen LogP contribution in [0.2, 0.25) is 0 Å². The minimum Gasteiger partial charge on any atom is -0.492 e. The highest BCUT2D eigenvalue weighted by Gasteiger charge is 2.39. The zero-order valence-electron chi connectivity index (χ0n) is 18.5. The van der Waals surface area contributed by atoms with Crippen LogP contribution in [0.3, 0.4) is 0 Å². The molecule has 5 rings (SSSR count). The third-order valence-corrected chi connectivity index (χ3v) is 6.82. The molecule has 0 bridgehead atoms. The van der Waals surface area contributed by atoms with Crippen LogP contribution in [0.25, 0.3) is 0 Å². The highest BCUT2D eigenvalue weighted by Crippen LogP contribution is 2.30. The van der Waals surface area contributed by atoms with Gasteiger partial charge in [-0.15, -0.1) is 0 Å². The number of carbonyl (C=O) groups is 3. The van der Waals surface area contributed by atoms with Crippen LogP contribution in [0.1, 0.15) is 53.6 Å². The number of carbonyl (C=O) groups excluding carboxylic acids is 3. The summed E-state index contributed by atoms with van der Waals surface area (Å²) in [6.45, 7) is 2.88. The number of hydrogen-bond donors (Lipinski definition) is 1. The van der Waals surface area contributed by atoms with Crippen molar-refractivity contribution in [3.8, 4) is 5.75 Å². The smallest absolute Gasteiger partial charge is 0.255 e. The van der Waals surface area contributed by atoms with Crippen molar-refractivity contribution in [2.75, 3.05) is 13.2 Å². The molecular formula is C25H28N4O4. The lowest BCUT2D eigenvalue weighted by molar-refractivity contribution is -0.136. The highest BCUT2D eigenvalue weighted by atomic mass is 16.5. The second-order valence-corrected chi connectivity index (χ2v) is 9.01. The molecule has 2 atom stereocenters. The molecule has 1 aromatic carbocycles. The van der Waals surface area contributed by atoms with E-state index in [0.717, 1.165) is 30.8 Å². The van der Waals surface area contributed by atoms with E-state index in [1.807, 2.05) is 24.5 Å². The third kappa shape index (κ3) is 4.61. The van der Waals surface area contributed by atoms with Gasteiger partial charge in [-0.05, 0) is 67.3 Å². The number of nitrogens with zero attached hydrogens (tertiary/aromatic N) is 3. The van der Waals surface area contributed by atoms with Crippen molar-refractivity contribution in [1.29, 1.82) is 0 Å². The first-order valence-electron chi connectivity index (χ1n) is 11.6. The monoisotopic (exact) mass is 448 g/mol. The summed E-state index contributed by atoms with van der Waals surface area (Å²) < 4.78 is 6.18.